The van der Waals surface area contributed by atoms with Gasteiger partial charge in [0.25, 0.3) is 0 Å². The third kappa shape index (κ3) is 3.18. The third-order valence-corrected chi connectivity index (χ3v) is 6.91. The molecule has 4 nitrogen and oxygen atoms in total. The van der Waals surface area contributed by atoms with Gasteiger partial charge in [0.15, 0.2) is 0 Å². The first-order chi connectivity index (χ1) is 12.0. The largest absolute Gasteiger partial charge is 0.445 e. The number of rotatable bonds is 3. The number of amides is 1. The van der Waals surface area contributed by atoms with E-state index in [2.05, 4.69) is 25.5 Å². The highest BCUT2D eigenvalue weighted by atomic mass is 32.1. The maximum absolute atomic E-state index is 12.5. The molecule has 3 atom stereocenters. The smallest absolute Gasteiger partial charge is 0.411 e. The van der Waals surface area contributed by atoms with Crippen LogP contribution in [0.4, 0.5) is 10.5 Å². The molecule has 2 saturated heterocycles. The number of ether oxygens (including phenoxy) is 1. The van der Waals surface area contributed by atoms with Crippen LogP contribution in [0.2, 0.25) is 0 Å². The molecule has 3 heterocycles. The van der Waals surface area contributed by atoms with E-state index in [1.54, 1.807) is 11.3 Å². The minimum Gasteiger partial charge on any atom is -0.445 e. The summed E-state index contributed by atoms with van der Waals surface area (Å²) in [6, 6.07) is 13.2. The fourth-order valence-electron chi connectivity index (χ4n) is 4.46. The highest BCUT2D eigenvalue weighted by Crippen LogP contribution is 2.40. The van der Waals surface area contributed by atoms with Gasteiger partial charge in [-0.1, -0.05) is 24.3 Å². The molecule has 2 aliphatic rings. The molecular formula is C20H25N2O2S+. The summed E-state index contributed by atoms with van der Waals surface area (Å²) in [5, 5.41) is 5.00. The maximum atomic E-state index is 12.5. The first-order valence-corrected chi connectivity index (χ1v) is 9.86. The van der Waals surface area contributed by atoms with Gasteiger partial charge in [0.1, 0.15) is 6.10 Å². The van der Waals surface area contributed by atoms with Crippen LogP contribution in [0.15, 0.2) is 41.8 Å². The summed E-state index contributed by atoms with van der Waals surface area (Å²) in [5.41, 5.74) is 1.85. The van der Waals surface area contributed by atoms with Crippen molar-refractivity contribution in [2.45, 2.75) is 43.9 Å². The van der Waals surface area contributed by atoms with Crippen molar-refractivity contribution >= 4 is 23.1 Å². The van der Waals surface area contributed by atoms with Gasteiger partial charge < -0.3 is 9.22 Å². The molecule has 25 heavy (non-hydrogen) atoms. The molecule has 1 N–H and O–H groups in total. The Balaban J connectivity index is 1.43. The van der Waals surface area contributed by atoms with Gasteiger partial charge in [0, 0.05) is 36.1 Å². The lowest BCUT2D eigenvalue weighted by atomic mass is 9.98. The first kappa shape index (κ1) is 16.6. The van der Waals surface area contributed by atoms with Crippen molar-refractivity contribution in [3.05, 3.63) is 41.8 Å². The van der Waals surface area contributed by atoms with Gasteiger partial charge in [-0.15, -0.1) is 11.3 Å². The molecule has 0 saturated carbocycles. The molecular weight excluding hydrogens is 332 g/mol. The Morgan fingerprint density at radius 2 is 1.84 bits per heavy atom. The quantitative estimate of drug-likeness (QED) is 0.806. The van der Waals surface area contributed by atoms with Crippen LogP contribution >= 0.6 is 11.3 Å². The van der Waals surface area contributed by atoms with E-state index in [-0.39, 0.29) is 12.2 Å². The molecule has 1 aromatic carbocycles. The minimum atomic E-state index is -0.333. The van der Waals surface area contributed by atoms with E-state index in [9.17, 15) is 4.79 Å². The number of thiophene rings is 1. The van der Waals surface area contributed by atoms with Gasteiger partial charge in [-0.3, -0.25) is 5.32 Å². The SMILES string of the molecule is C[N+]1(C)[C@@H]2CC[C@H]1CC(OC(=O)Nc1ccccc1-c1cccs1)C2. The number of nitrogens with one attached hydrogen (secondary N) is 1. The van der Waals surface area contributed by atoms with Crippen LogP contribution in [0.1, 0.15) is 25.7 Å². The van der Waals surface area contributed by atoms with Crippen molar-refractivity contribution in [1.29, 1.82) is 0 Å². The molecule has 1 aromatic heterocycles. The van der Waals surface area contributed by atoms with Crippen molar-refractivity contribution in [3.63, 3.8) is 0 Å². The van der Waals surface area contributed by atoms with Gasteiger partial charge in [-0.05, 0) is 17.5 Å². The van der Waals surface area contributed by atoms with E-state index in [0.29, 0.717) is 12.1 Å². The number of piperidine rings is 1. The van der Waals surface area contributed by atoms with Crippen LogP contribution < -0.4 is 5.32 Å². The van der Waals surface area contributed by atoms with Crippen LogP contribution in [0.3, 0.4) is 0 Å². The van der Waals surface area contributed by atoms with Crippen LogP contribution in [-0.4, -0.2) is 42.9 Å². The Kier molecular flexibility index (Phi) is 4.29. The van der Waals surface area contributed by atoms with E-state index in [1.165, 1.54) is 12.8 Å². The van der Waals surface area contributed by atoms with Gasteiger partial charge in [-0.2, -0.15) is 0 Å². The van der Waals surface area contributed by atoms with Crippen LogP contribution in [-0.2, 0) is 4.74 Å². The Morgan fingerprint density at radius 1 is 1.12 bits per heavy atom. The second-order valence-electron chi connectivity index (χ2n) is 7.66. The number of nitrogens with zero attached hydrogens (tertiary/aromatic N) is 1. The Morgan fingerprint density at radius 3 is 2.52 bits per heavy atom. The zero-order valence-corrected chi connectivity index (χ0v) is 15.6. The molecule has 1 amide bonds. The fourth-order valence-corrected chi connectivity index (χ4v) is 5.22. The molecule has 2 fully saturated rings. The van der Waals surface area contributed by atoms with E-state index < -0.39 is 0 Å². The number of anilines is 1. The summed E-state index contributed by atoms with van der Waals surface area (Å²) in [6.07, 6.45) is 4.16. The normalized spacial score (nSPS) is 27.0. The molecule has 0 radical (unpaired) electrons. The summed E-state index contributed by atoms with van der Waals surface area (Å²) in [5.74, 6) is 0. The highest BCUT2D eigenvalue weighted by molar-refractivity contribution is 7.13. The Hall–Kier alpha value is -1.85. The lowest BCUT2D eigenvalue weighted by Crippen LogP contribution is -2.56. The summed E-state index contributed by atoms with van der Waals surface area (Å²) >= 11 is 1.67. The van der Waals surface area contributed by atoms with E-state index in [1.807, 2.05) is 35.7 Å². The predicted molar refractivity (Wildman–Crippen MR) is 102 cm³/mol. The highest BCUT2D eigenvalue weighted by Gasteiger charge is 2.49. The lowest BCUT2D eigenvalue weighted by molar-refractivity contribution is -0.931. The summed E-state index contributed by atoms with van der Waals surface area (Å²) in [7, 11) is 4.63. The van der Waals surface area contributed by atoms with Crippen LogP contribution in [0, 0.1) is 0 Å². The summed E-state index contributed by atoms with van der Waals surface area (Å²) < 4.78 is 6.87. The lowest BCUT2D eigenvalue weighted by Gasteiger charge is -2.43. The summed E-state index contributed by atoms with van der Waals surface area (Å²) in [6.45, 7) is 0. The van der Waals surface area contributed by atoms with Crippen LogP contribution in [0.25, 0.3) is 10.4 Å². The molecule has 0 aliphatic carbocycles. The first-order valence-electron chi connectivity index (χ1n) is 8.98. The van der Waals surface area contributed by atoms with Gasteiger partial charge in [-0.25, -0.2) is 4.79 Å². The standard InChI is InChI=1S/C20H24N2O2S/c1-22(2)14-9-10-15(22)13-16(12-14)24-20(23)21-18-7-4-3-6-17(18)19-8-5-11-25-19/h3-8,11,14-16H,9-10,12-13H2,1-2H3/p+1/t14-,15+,16?. The van der Waals surface area contributed by atoms with Gasteiger partial charge in [0.05, 0.1) is 31.9 Å². The summed E-state index contributed by atoms with van der Waals surface area (Å²) in [4.78, 5) is 13.6. The third-order valence-electron chi connectivity index (χ3n) is 6.01. The number of carbonyl (C=O) groups is 1. The van der Waals surface area contributed by atoms with Crippen molar-refractivity contribution in [2.24, 2.45) is 0 Å². The molecule has 2 bridgehead atoms. The maximum Gasteiger partial charge on any atom is 0.411 e. The van der Waals surface area contributed by atoms with E-state index in [0.717, 1.165) is 33.5 Å². The number of benzene rings is 1. The second kappa shape index (κ2) is 6.46. The monoisotopic (exact) mass is 357 g/mol. The Bertz CT molecular complexity index is 741. The average molecular weight is 357 g/mol. The van der Waals surface area contributed by atoms with Crippen LogP contribution in [0.5, 0.6) is 0 Å². The molecule has 132 valence electrons. The van der Waals surface area contributed by atoms with E-state index in [4.69, 9.17) is 4.74 Å². The number of carbonyl (C=O) groups excluding carboxylic acids is 1. The van der Waals surface area contributed by atoms with Crippen molar-refractivity contribution in [2.75, 3.05) is 19.4 Å². The van der Waals surface area contributed by atoms with Crippen molar-refractivity contribution in [3.8, 4) is 10.4 Å². The number of hydrogen-bond donors (Lipinski definition) is 1. The minimum absolute atomic E-state index is 0.0394. The molecule has 2 aromatic rings. The molecule has 4 rings (SSSR count). The predicted octanol–water partition coefficient (Wildman–Crippen LogP) is 4.73. The number of para-hydroxylation sites is 1. The number of fused-ring (bicyclic) bond motifs is 2. The zero-order chi connectivity index (χ0) is 17.4. The molecule has 5 heteroatoms. The van der Waals surface area contributed by atoms with Crippen molar-refractivity contribution in [1.82, 2.24) is 0 Å². The Labute approximate surface area is 153 Å². The second-order valence-corrected chi connectivity index (χ2v) is 8.61. The topological polar surface area (TPSA) is 38.3 Å². The average Bonchev–Trinajstić information content (AvgIpc) is 3.12. The van der Waals surface area contributed by atoms with E-state index >= 15 is 0 Å². The molecule has 0 spiro atoms. The fraction of sp³-hybridized carbons (Fsp3) is 0.450. The van der Waals surface area contributed by atoms with Crippen molar-refractivity contribution < 1.29 is 14.0 Å². The number of hydrogen-bond acceptors (Lipinski definition) is 3. The molecule has 2 aliphatic heterocycles. The van der Waals surface area contributed by atoms with Gasteiger partial charge in [0.2, 0.25) is 0 Å². The molecule has 1 unspecified atom stereocenters. The van der Waals surface area contributed by atoms with Gasteiger partial charge >= 0.3 is 6.09 Å². The number of quaternary nitrogens is 1. The zero-order valence-electron chi connectivity index (χ0n) is 14.8.